The fourth-order valence-corrected chi connectivity index (χ4v) is 5.17. The summed E-state index contributed by atoms with van der Waals surface area (Å²) in [5.41, 5.74) is 4.48. The first kappa shape index (κ1) is 30.6. The second kappa shape index (κ2) is 12.8. The standard InChI is InChI=1S/C34H38N4O6/c1-21-18-25(31-35-22(2)44-37-31)13-15-28(21)23-9-11-24(12-10-23)32(39)36-26-14-16-29(41-6)30(19-26)42-20-27-8-7-17-38(27)33(40)43-34(3,4)5/h9-16,18-19,27H,7-8,17,20H2,1-6H3,(H,36,39)/t27-/m1/s1. The number of benzene rings is 3. The molecule has 2 amide bonds. The highest BCUT2D eigenvalue weighted by atomic mass is 16.6. The molecule has 1 atom stereocenters. The number of aromatic nitrogens is 2. The van der Waals surface area contributed by atoms with E-state index in [0.29, 0.717) is 41.0 Å². The van der Waals surface area contributed by atoms with Crippen molar-refractivity contribution in [3.8, 4) is 34.0 Å². The average Bonchev–Trinajstić information content (AvgIpc) is 3.64. The zero-order valence-corrected chi connectivity index (χ0v) is 26.0. The van der Waals surface area contributed by atoms with Crippen molar-refractivity contribution in [2.75, 3.05) is 25.6 Å². The van der Waals surface area contributed by atoms with Gasteiger partial charge in [0.05, 0.1) is 13.2 Å². The molecule has 0 spiro atoms. The number of hydrogen-bond donors (Lipinski definition) is 1. The average molecular weight is 599 g/mol. The van der Waals surface area contributed by atoms with Gasteiger partial charge in [-0.15, -0.1) is 0 Å². The number of nitrogens with one attached hydrogen (secondary N) is 1. The Morgan fingerprint density at radius 3 is 2.41 bits per heavy atom. The number of carbonyl (C=O) groups is 2. The van der Waals surface area contributed by atoms with Crippen molar-refractivity contribution >= 4 is 17.7 Å². The molecule has 10 heteroatoms. The SMILES string of the molecule is COc1ccc(NC(=O)c2ccc(-c3ccc(-c4noc(C)n4)cc3C)cc2)cc1OC[C@H]1CCCN1C(=O)OC(C)(C)C. The van der Waals surface area contributed by atoms with Gasteiger partial charge in [-0.25, -0.2) is 4.79 Å². The van der Waals surface area contributed by atoms with Crippen LogP contribution in [0.5, 0.6) is 11.5 Å². The molecule has 0 saturated carbocycles. The summed E-state index contributed by atoms with van der Waals surface area (Å²) in [5, 5.41) is 6.94. The summed E-state index contributed by atoms with van der Waals surface area (Å²) < 4.78 is 22.3. The number of methoxy groups -OCH3 is 1. The molecule has 1 fully saturated rings. The van der Waals surface area contributed by atoms with Crippen molar-refractivity contribution in [1.29, 1.82) is 0 Å². The number of nitrogens with zero attached hydrogens (tertiary/aromatic N) is 3. The van der Waals surface area contributed by atoms with Crippen LogP contribution in [0.15, 0.2) is 65.2 Å². The number of hydrogen-bond acceptors (Lipinski definition) is 8. The van der Waals surface area contributed by atoms with Crippen LogP contribution in [0.4, 0.5) is 10.5 Å². The van der Waals surface area contributed by atoms with Crippen LogP contribution >= 0.6 is 0 Å². The van der Waals surface area contributed by atoms with Crippen LogP contribution < -0.4 is 14.8 Å². The van der Waals surface area contributed by atoms with E-state index < -0.39 is 5.60 Å². The van der Waals surface area contributed by atoms with Crippen molar-refractivity contribution in [3.63, 3.8) is 0 Å². The zero-order chi connectivity index (χ0) is 31.4. The molecular weight excluding hydrogens is 560 g/mol. The molecule has 1 aliphatic rings. The third-order valence-corrected chi connectivity index (χ3v) is 7.33. The minimum atomic E-state index is -0.568. The Labute approximate surface area is 257 Å². The lowest BCUT2D eigenvalue weighted by Gasteiger charge is -2.28. The van der Waals surface area contributed by atoms with Crippen molar-refractivity contribution in [1.82, 2.24) is 15.0 Å². The predicted octanol–water partition coefficient (Wildman–Crippen LogP) is 7.06. The number of rotatable bonds is 8. The van der Waals surface area contributed by atoms with E-state index in [0.717, 1.165) is 35.1 Å². The summed E-state index contributed by atoms with van der Waals surface area (Å²) in [7, 11) is 1.56. The lowest BCUT2D eigenvalue weighted by molar-refractivity contribution is 0.0186. The first-order valence-corrected chi connectivity index (χ1v) is 14.6. The molecule has 3 aromatic carbocycles. The van der Waals surface area contributed by atoms with Crippen LogP contribution in [0.3, 0.4) is 0 Å². The van der Waals surface area contributed by atoms with Crippen molar-refractivity contribution in [3.05, 3.63) is 77.7 Å². The van der Waals surface area contributed by atoms with Gasteiger partial charge in [0.15, 0.2) is 11.5 Å². The quantitative estimate of drug-likeness (QED) is 0.229. The molecular formula is C34H38N4O6. The Morgan fingerprint density at radius 1 is 1.00 bits per heavy atom. The van der Waals surface area contributed by atoms with Gasteiger partial charge < -0.3 is 29.0 Å². The van der Waals surface area contributed by atoms with Gasteiger partial charge in [-0.3, -0.25) is 4.79 Å². The van der Waals surface area contributed by atoms with Gasteiger partial charge in [0.2, 0.25) is 11.7 Å². The molecule has 5 rings (SSSR count). The summed E-state index contributed by atoms with van der Waals surface area (Å²) in [6, 6.07) is 18.6. The molecule has 230 valence electrons. The Morgan fingerprint density at radius 2 is 1.75 bits per heavy atom. The summed E-state index contributed by atoms with van der Waals surface area (Å²) in [6.45, 7) is 10.2. The van der Waals surface area contributed by atoms with Crippen LogP contribution in [0.25, 0.3) is 22.5 Å². The van der Waals surface area contributed by atoms with Crippen molar-refractivity contribution in [2.24, 2.45) is 0 Å². The maximum Gasteiger partial charge on any atom is 0.410 e. The molecule has 0 aliphatic carbocycles. The van der Waals surface area contributed by atoms with Crippen LogP contribution in [0.1, 0.15) is 55.4 Å². The Hall–Kier alpha value is -4.86. The lowest BCUT2D eigenvalue weighted by atomic mass is 9.97. The first-order chi connectivity index (χ1) is 21.0. The van der Waals surface area contributed by atoms with Crippen molar-refractivity contribution in [2.45, 2.75) is 59.1 Å². The smallest absolute Gasteiger partial charge is 0.410 e. The first-order valence-electron chi connectivity index (χ1n) is 14.6. The molecule has 0 unspecified atom stereocenters. The monoisotopic (exact) mass is 598 g/mol. The van der Waals surface area contributed by atoms with E-state index in [2.05, 4.69) is 15.5 Å². The van der Waals surface area contributed by atoms with Crippen LogP contribution in [-0.2, 0) is 4.74 Å². The summed E-state index contributed by atoms with van der Waals surface area (Å²) in [6.07, 6.45) is 1.36. The van der Waals surface area contributed by atoms with Gasteiger partial charge in [0.25, 0.3) is 5.91 Å². The zero-order valence-electron chi connectivity index (χ0n) is 26.0. The molecule has 44 heavy (non-hydrogen) atoms. The second-order valence-corrected chi connectivity index (χ2v) is 11.8. The molecule has 0 bridgehead atoms. The van der Waals surface area contributed by atoms with Gasteiger partial charge >= 0.3 is 6.09 Å². The van der Waals surface area contributed by atoms with E-state index in [1.807, 2.05) is 58.0 Å². The fraction of sp³-hybridized carbons (Fsp3) is 0.353. The maximum absolute atomic E-state index is 13.1. The molecule has 1 saturated heterocycles. The van der Waals surface area contributed by atoms with Gasteiger partial charge in [-0.05, 0) is 87.6 Å². The third kappa shape index (κ3) is 7.19. The highest BCUT2D eigenvalue weighted by molar-refractivity contribution is 6.04. The number of aryl methyl sites for hydroxylation is 2. The van der Waals surface area contributed by atoms with Gasteiger partial charge in [0, 0.05) is 36.3 Å². The number of anilines is 1. The van der Waals surface area contributed by atoms with E-state index >= 15 is 0 Å². The minimum Gasteiger partial charge on any atom is -0.493 e. The van der Waals surface area contributed by atoms with E-state index in [1.54, 1.807) is 49.3 Å². The molecule has 1 aromatic heterocycles. The normalized spacial score (nSPS) is 14.8. The Bertz CT molecular complexity index is 1640. The van der Waals surface area contributed by atoms with Crippen LogP contribution in [0, 0.1) is 13.8 Å². The Balaban J connectivity index is 1.24. The molecule has 1 N–H and O–H groups in total. The van der Waals surface area contributed by atoms with Crippen LogP contribution in [-0.4, -0.2) is 58.9 Å². The summed E-state index contributed by atoms with van der Waals surface area (Å²) >= 11 is 0. The van der Waals surface area contributed by atoms with E-state index in [9.17, 15) is 9.59 Å². The largest absolute Gasteiger partial charge is 0.493 e. The molecule has 1 aliphatic heterocycles. The molecule has 2 heterocycles. The van der Waals surface area contributed by atoms with E-state index in [4.69, 9.17) is 18.7 Å². The van der Waals surface area contributed by atoms with Gasteiger partial charge in [-0.2, -0.15) is 4.98 Å². The number of amides is 2. The number of ether oxygens (including phenoxy) is 3. The maximum atomic E-state index is 13.1. The number of likely N-dealkylation sites (tertiary alicyclic amines) is 1. The molecule has 10 nitrogen and oxygen atoms in total. The fourth-order valence-electron chi connectivity index (χ4n) is 5.17. The van der Waals surface area contributed by atoms with Crippen molar-refractivity contribution < 1.29 is 28.3 Å². The van der Waals surface area contributed by atoms with E-state index in [-0.39, 0.29) is 24.6 Å². The molecule has 0 radical (unpaired) electrons. The number of carbonyl (C=O) groups excluding carboxylic acids is 2. The Kier molecular flexibility index (Phi) is 8.89. The lowest BCUT2D eigenvalue weighted by Crippen LogP contribution is -2.42. The minimum absolute atomic E-state index is 0.116. The van der Waals surface area contributed by atoms with Gasteiger partial charge in [0.1, 0.15) is 12.2 Å². The third-order valence-electron chi connectivity index (χ3n) is 7.33. The summed E-state index contributed by atoms with van der Waals surface area (Å²) in [4.78, 5) is 31.8. The van der Waals surface area contributed by atoms with Gasteiger partial charge in [-0.1, -0.05) is 29.4 Å². The van der Waals surface area contributed by atoms with Crippen LogP contribution in [0.2, 0.25) is 0 Å². The predicted molar refractivity (Wildman–Crippen MR) is 167 cm³/mol. The van der Waals surface area contributed by atoms with E-state index in [1.165, 1.54) is 0 Å². The summed E-state index contributed by atoms with van der Waals surface area (Å²) in [5.74, 6) is 1.83. The molecule has 4 aromatic rings. The highest BCUT2D eigenvalue weighted by Gasteiger charge is 2.32. The highest BCUT2D eigenvalue weighted by Crippen LogP contribution is 2.32. The topological polar surface area (TPSA) is 116 Å². The second-order valence-electron chi connectivity index (χ2n) is 11.8.